The Morgan fingerprint density at radius 1 is 0.382 bits per heavy atom. The molecule has 0 fully saturated rings. The molecule has 326 valence electrons. The van der Waals surface area contributed by atoms with Gasteiger partial charge in [0, 0.05) is 19.3 Å². The zero-order valence-corrected chi connectivity index (χ0v) is 37.6. The highest BCUT2D eigenvalue weighted by Gasteiger charge is 2.19. The molecule has 1 unspecified atom stereocenters. The Hall–Kier alpha value is -1.59. The lowest BCUT2D eigenvalue weighted by atomic mass is 9.99. The average molecular weight is 779 g/mol. The van der Waals surface area contributed by atoms with Gasteiger partial charge in [0.25, 0.3) is 0 Å². The van der Waals surface area contributed by atoms with E-state index in [9.17, 15) is 14.4 Å². The molecule has 0 aliphatic heterocycles. The molecule has 0 rings (SSSR count). The lowest BCUT2D eigenvalue weighted by Gasteiger charge is -2.18. The summed E-state index contributed by atoms with van der Waals surface area (Å²) in [7, 11) is 0. The van der Waals surface area contributed by atoms with E-state index in [-0.39, 0.29) is 31.1 Å². The van der Waals surface area contributed by atoms with Crippen molar-refractivity contribution in [3.8, 4) is 0 Å². The number of esters is 3. The van der Waals surface area contributed by atoms with E-state index in [1.54, 1.807) is 0 Å². The molecule has 0 bridgehead atoms. The summed E-state index contributed by atoms with van der Waals surface area (Å²) >= 11 is 0. The molecule has 0 spiro atoms. The van der Waals surface area contributed by atoms with Crippen molar-refractivity contribution in [2.24, 2.45) is 11.8 Å². The van der Waals surface area contributed by atoms with E-state index in [0.29, 0.717) is 19.3 Å². The third kappa shape index (κ3) is 41.9. The molecule has 0 aliphatic rings. The van der Waals surface area contributed by atoms with E-state index < -0.39 is 6.10 Å². The molecule has 0 amide bonds. The van der Waals surface area contributed by atoms with E-state index in [1.165, 1.54) is 154 Å². The molecule has 0 aliphatic carbocycles. The van der Waals surface area contributed by atoms with Crippen LogP contribution in [0.1, 0.15) is 266 Å². The quantitative estimate of drug-likeness (QED) is 0.0348. The van der Waals surface area contributed by atoms with Crippen molar-refractivity contribution in [1.82, 2.24) is 0 Å². The fourth-order valence-corrected chi connectivity index (χ4v) is 7.25. The Bertz CT molecular complexity index is 841. The van der Waals surface area contributed by atoms with Crippen LogP contribution >= 0.6 is 0 Å². The molecular formula is C49H94O6. The van der Waals surface area contributed by atoms with Gasteiger partial charge in [-0.2, -0.15) is 0 Å². The first-order valence-electron chi connectivity index (χ1n) is 24.3. The van der Waals surface area contributed by atoms with Crippen molar-refractivity contribution in [2.45, 2.75) is 272 Å². The Kier molecular flexibility index (Phi) is 40.8. The zero-order chi connectivity index (χ0) is 40.5. The summed E-state index contributed by atoms with van der Waals surface area (Å²) < 4.78 is 16.8. The number of hydrogen-bond acceptors (Lipinski definition) is 6. The number of hydrogen-bond donors (Lipinski definition) is 0. The van der Waals surface area contributed by atoms with Crippen LogP contribution in [-0.4, -0.2) is 37.2 Å². The van der Waals surface area contributed by atoms with Crippen LogP contribution in [0.3, 0.4) is 0 Å². The standard InChI is InChI=1S/C49H94O6/c1-6-8-9-10-11-12-13-14-15-16-17-24-29-34-39-47(50)53-42-46(55-49(52)41-36-31-26-20-18-22-27-32-37-44(3)4)43-54-48(51)40-35-30-25-21-19-23-28-33-38-45(5)7-2/h44-46H,6-43H2,1-5H3/t45?,46-/m1/s1. The van der Waals surface area contributed by atoms with Gasteiger partial charge in [0.2, 0.25) is 0 Å². The van der Waals surface area contributed by atoms with Crippen LogP contribution in [0.5, 0.6) is 0 Å². The minimum absolute atomic E-state index is 0.0649. The first-order valence-corrected chi connectivity index (χ1v) is 24.3. The van der Waals surface area contributed by atoms with Crippen LogP contribution in [0, 0.1) is 11.8 Å². The number of rotatable bonds is 43. The van der Waals surface area contributed by atoms with Gasteiger partial charge in [-0.15, -0.1) is 0 Å². The summed E-state index contributed by atoms with van der Waals surface area (Å²) in [5.41, 5.74) is 0. The zero-order valence-electron chi connectivity index (χ0n) is 37.6. The second kappa shape index (κ2) is 42.0. The summed E-state index contributed by atoms with van der Waals surface area (Å²) in [6, 6.07) is 0. The van der Waals surface area contributed by atoms with Crippen LogP contribution in [0.15, 0.2) is 0 Å². The third-order valence-electron chi connectivity index (χ3n) is 11.3. The molecule has 0 saturated carbocycles. The molecule has 0 saturated heterocycles. The first kappa shape index (κ1) is 53.4. The van der Waals surface area contributed by atoms with Gasteiger partial charge >= 0.3 is 17.9 Å². The van der Waals surface area contributed by atoms with Crippen LogP contribution in [-0.2, 0) is 28.6 Å². The number of carbonyl (C=O) groups is 3. The smallest absolute Gasteiger partial charge is 0.306 e. The van der Waals surface area contributed by atoms with Crippen molar-refractivity contribution in [2.75, 3.05) is 13.2 Å². The minimum Gasteiger partial charge on any atom is -0.462 e. The van der Waals surface area contributed by atoms with Crippen molar-refractivity contribution in [3.05, 3.63) is 0 Å². The van der Waals surface area contributed by atoms with Crippen LogP contribution in [0.25, 0.3) is 0 Å². The number of unbranched alkanes of at least 4 members (excludes halogenated alkanes) is 27. The van der Waals surface area contributed by atoms with Gasteiger partial charge in [-0.3, -0.25) is 14.4 Å². The van der Waals surface area contributed by atoms with Gasteiger partial charge < -0.3 is 14.2 Å². The van der Waals surface area contributed by atoms with Gasteiger partial charge in [0.1, 0.15) is 13.2 Å². The monoisotopic (exact) mass is 779 g/mol. The Balaban J connectivity index is 4.33. The van der Waals surface area contributed by atoms with Gasteiger partial charge in [-0.1, -0.05) is 227 Å². The maximum atomic E-state index is 12.7. The minimum atomic E-state index is -0.761. The second-order valence-electron chi connectivity index (χ2n) is 17.5. The molecular weight excluding hydrogens is 685 g/mol. The van der Waals surface area contributed by atoms with Crippen LogP contribution in [0.4, 0.5) is 0 Å². The molecule has 0 N–H and O–H groups in total. The van der Waals surface area contributed by atoms with Crippen LogP contribution in [0.2, 0.25) is 0 Å². The first-order chi connectivity index (χ1) is 26.8. The largest absolute Gasteiger partial charge is 0.462 e. The second-order valence-corrected chi connectivity index (χ2v) is 17.5. The SMILES string of the molecule is CCCCCCCCCCCCCCCCC(=O)OC[C@H](COC(=O)CCCCCCCCCCC(C)CC)OC(=O)CCCCCCCCCCC(C)C. The molecule has 0 aromatic rings. The summed E-state index contributed by atoms with van der Waals surface area (Å²) in [5, 5.41) is 0. The molecule has 6 heteroatoms. The molecule has 0 radical (unpaired) electrons. The number of carbonyl (C=O) groups excluding carboxylic acids is 3. The maximum absolute atomic E-state index is 12.7. The highest BCUT2D eigenvalue weighted by molar-refractivity contribution is 5.71. The third-order valence-corrected chi connectivity index (χ3v) is 11.3. The van der Waals surface area contributed by atoms with Crippen molar-refractivity contribution >= 4 is 17.9 Å². The molecule has 2 atom stereocenters. The van der Waals surface area contributed by atoms with E-state index >= 15 is 0 Å². The molecule has 6 nitrogen and oxygen atoms in total. The van der Waals surface area contributed by atoms with Crippen LogP contribution < -0.4 is 0 Å². The average Bonchev–Trinajstić information content (AvgIpc) is 3.17. The Labute approximate surface area is 342 Å². The van der Waals surface area contributed by atoms with Crippen molar-refractivity contribution in [3.63, 3.8) is 0 Å². The lowest BCUT2D eigenvalue weighted by molar-refractivity contribution is -0.167. The van der Waals surface area contributed by atoms with E-state index in [2.05, 4.69) is 34.6 Å². The van der Waals surface area contributed by atoms with E-state index in [0.717, 1.165) is 69.6 Å². The summed E-state index contributed by atoms with van der Waals surface area (Å²) in [6.07, 6.45) is 40.8. The topological polar surface area (TPSA) is 78.9 Å². The predicted molar refractivity (Wildman–Crippen MR) is 233 cm³/mol. The Morgan fingerprint density at radius 3 is 1.04 bits per heavy atom. The van der Waals surface area contributed by atoms with E-state index in [1.807, 2.05) is 0 Å². The lowest BCUT2D eigenvalue weighted by Crippen LogP contribution is -2.30. The highest BCUT2D eigenvalue weighted by Crippen LogP contribution is 2.17. The summed E-state index contributed by atoms with van der Waals surface area (Å²) in [6.45, 7) is 11.3. The molecule has 0 heterocycles. The van der Waals surface area contributed by atoms with Gasteiger partial charge in [0.15, 0.2) is 6.10 Å². The maximum Gasteiger partial charge on any atom is 0.306 e. The molecule has 0 aromatic heterocycles. The number of ether oxygens (including phenoxy) is 3. The van der Waals surface area contributed by atoms with E-state index in [4.69, 9.17) is 14.2 Å². The summed E-state index contributed by atoms with van der Waals surface area (Å²) in [5.74, 6) is 0.785. The highest BCUT2D eigenvalue weighted by atomic mass is 16.6. The Morgan fingerprint density at radius 2 is 0.691 bits per heavy atom. The molecule has 0 aromatic carbocycles. The summed E-state index contributed by atoms with van der Waals surface area (Å²) in [4.78, 5) is 37.8. The van der Waals surface area contributed by atoms with Gasteiger partial charge in [-0.25, -0.2) is 0 Å². The van der Waals surface area contributed by atoms with Gasteiger partial charge in [0.05, 0.1) is 0 Å². The van der Waals surface area contributed by atoms with Gasteiger partial charge in [-0.05, 0) is 31.1 Å². The van der Waals surface area contributed by atoms with Crippen molar-refractivity contribution in [1.29, 1.82) is 0 Å². The van der Waals surface area contributed by atoms with Crippen molar-refractivity contribution < 1.29 is 28.6 Å². The molecule has 55 heavy (non-hydrogen) atoms. The fraction of sp³-hybridized carbons (Fsp3) is 0.939. The fourth-order valence-electron chi connectivity index (χ4n) is 7.25. The predicted octanol–water partition coefficient (Wildman–Crippen LogP) is 15.4. The normalized spacial score (nSPS) is 12.5.